The second kappa shape index (κ2) is 10.5. The molecule has 2 fully saturated rings. The molecule has 2 saturated heterocycles. The van der Waals surface area contributed by atoms with E-state index in [1.165, 1.54) is 0 Å². The summed E-state index contributed by atoms with van der Waals surface area (Å²) < 4.78 is 6.54. The van der Waals surface area contributed by atoms with Crippen molar-refractivity contribution in [3.8, 4) is 0 Å². The zero-order valence-corrected chi connectivity index (χ0v) is 21.9. The van der Waals surface area contributed by atoms with E-state index in [9.17, 15) is 9.59 Å². The molecule has 0 N–H and O–H groups in total. The number of carbonyl (C=O) groups excluding carboxylic acids is 2. The molecule has 0 saturated carbocycles. The topological polar surface area (TPSA) is 59.1 Å². The fourth-order valence-corrected chi connectivity index (χ4v) is 5.73. The summed E-state index contributed by atoms with van der Waals surface area (Å²) in [5.41, 5.74) is 1.78. The number of halogens is 1. The Bertz CT molecular complexity index is 1270. The number of likely N-dealkylation sites (tertiary alicyclic amines) is 1. The van der Waals surface area contributed by atoms with Gasteiger partial charge in [-0.3, -0.25) is 9.63 Å². The molecular weight excluding hydrogens is 540 g/mol. The summed E-state index contributed by atoms with van der Waals surface area (Å²) >= 11 is 9.35. The van der Waals surface area contributed by atoms with E-state index in [-0.39, 0.29) is 30.8 Å². The lowest BCUT2D eigenvalue weighted by Crippen LogP contribution is -2.49. The van der Waals surface area contributed by atoms with Gasteiger partial charge in [0.2, 0.25) is 0 Å². The van der Waals surface area contributed by atoms with Crippen LogP contribution in [0, 0.1) is 5.92 Å². The fraction of sp³-hybridized carbons (Fsp3) is 0.250. The van der Waals surface area contributed by atoms with Crippen LogP contribution in [0.5, 0.6) is 0 Å². The molecule has 0 radical (unpaired) electrons. The van der Waals surface area contributed by atoms with E-state index in [0.717, 1.165) is 15.6 Å². The van der Waals surface area contributed by atoms with Crippen LogP contribution in [0.25, 0.3) is 0 Å². The third kappa shape index (κ3) is 4.81. The van der Waals surface area contributed by atoms with Gasteiger partial charge in [-0.05, 0) is 23.3 Å². The van der Waals surface area contributed by atoms with Crippen molar-refractivity contribution in [2.45, 2.75) is 18.6 Å². The Balaban J connectivity index is 1.39. The molecule has 184 valence electrons. The molecule has 0 aliphatic carbocycles. The number of fused-ring (bicyclic) bond motifs is 1. The summed E-state index contributed by atoms with van der Waals surface area (Å²) in [6.45, 7) is 1.39. The van der Waals surface area contributed by atoms with E-state index in [1.54, 1.807) is 22.1 Å². The Morgan fingerprint density at radius 1 is 1.03 bits per heavy atom. The molecular formula is C28H25BrN2O4S. The van der Waals surface area contributed by atoms with Crippen molar-refractivity contribution in [3.05, 3.63) is 106 Å². The molecule has 2 heterocycles. The lowest BCUT2D eigenvalue weighted by Gasteiger charge is -2.38. The van der Waals surface area contributed by atoms with E-state index in [0.29, 0.717) is 30.2 Å². The average molecular weight is 565 g/mol. The van der Waals surface area contributed by atoms with Gasteiger partial charge in [0, 0.05) is 22.5 Å². The van der Waals surface area contributed by atoms with Crippen molar-refractivity contribution in [1.29, 1.82) is 0 Å². The molecule has 2 aliphatic heterocycles. The van der Waals surface area contributed by atoms with Gasteiger partial charge in [0.25, 0.3) is 0 Å². The van der Waals surface area contributed by atoms with Crippen LogP contribution < -0.4 is 0 Å². The minimum Gasteiger partial charge on any atom is -0.445 e. The van der Waals surface area contributed by atoms with Crippen LogP contribution in [-0.4, -0.2) is 46.5 Å². The first-order valence-electron chi connectivity index (χ1n) is 11.7. The average Bonchev–Trinajstić information content (AvgIpc) is 3.45. The van der Waals surface area contributed by atoms with E-state index >= 15 is 0 Å². The van der Waals surface area contributed by atoms with E-state index in [4.69, 9.17) is 21.8 Å². The third-order valence-electron chi connectivity index (χ3n) is 6.74. The van der Waals surface area contributed by atoms with E-state index < -0.39 is 5.54 Å². The first kappa shape index (κ1) is 24.6. The van der Waals surface area contributed by atoms with Gasteiger partial charge in [-0.2, -0.15) is 0 Å². The summed E-state index contributed by atoms with van der Waals surface area (Å²) in [4.78, 5) is 34.2. The van der Waals surface area contributed by atoms with Crippen LogP contribution in [0.3, 0.4) is 0 Å². The number of thiocarbonyl (C=S) groups is 1. The number of hydrogen-bond acceptors (Lipinski definition) is 5. The maximum absolute atomic E-state index is 13.1. The van der Waals surface area contributed by atoms with Crippen LogP contribution in [-0.2, 0) is 21.7 Å². The SMILES string of the molecule is O=C(CC(=S)N1OCC2CN(C(=O)OCc3ccccc3)CC21c1cccc(Br)c1)c1ccccc1. The molecule has 8 heteroatoms. The van der Waals surface area contributed by atoms with Gasteiger partial charge in [-0.15, -0.1) is 0 Å². The number of ketones is 1. The van der Waals surface area contributed by atoms with Crippen molar-refractivity contribution in [2.75, 3.05) is 19.7 Å². The first-order chi connectivity index (χ1) is 17.5. The van der Waals surface area contributed by atoms with Crippen LogP contribution in [0.1, 0.15) is 27.9 Å². The zero-order valence-electron chi connectivity index (χ0n) is 19.5. The molecule has 0 spiro atoms. The first-order valence-corrected chi connectivity index (χ1v) is 12.9. The Morgan fingerprint density at radius 2 is 1.75 bits per heavy atom. The Morgan fingerprint density at radius 3 is 2.47 bits per heavy atom. The highest BCUT2D eigenvalue weighted by atomic mass is 79.9. The number of benzene rings is 3. The van der Waals surface area contributed by atoms with Gasteiger partial charge >= 0.3 is 6.09 Å². The van der Waals surface area contributed by atoms with E-state index in [1.807, 2.05) is 72.8 Å². The predicted octanol–water partition coefficient (Wildman–Crippen LogP) is 5.76. The minimum absolute atomic E-state index is 0.0409. The van der Waals surface area contributed by atoms with Gasteiger partial charge < -0.3 is 9.64 Å². The van der Waals surface area contributed by atoms with Crippen LogP contribution >= 0.6 is 28.1 Å². The number of hydroxylamine groups is 2. The fourth-order valence-electron chi connectivity index (χ4n) is 4.98. The lowest BCUT2D eigenvalue weighted by atomic mass is 9.81. The molecule has 0 aromatic heterocycles. The normalized spacial score (nSPS) is 20.8. The Labute approximate surface area is 223 Å². The largest absolute Gasteiger partial charge is 0.445 e. The number of amides is 1. The highest BCUT2D eigenvalue weighted by Crippen LogP contribution is 2.48. The third-order valence-corrected chi connectivity index (χ3v) is 7.54. The summed E-state index contributed by atoms with van der Waals surface area (Å²) in [5, 5.41) is 1.69. The molecule has 5 rings (SSSR count). The molecule has 36 heavy (non-hydrogen) atoms. The Kier molecular flexibility index (Phi) is 7.18. The van der Waals surface area contributed by atoms with E-state index in [2.05, 4.69) is 15.9 Å². The minimum atomic E-state index is -0.719. The molecule has 3 aromatic carbocycles. The molecule has 2 atom stereocenters. The molecule has 1 amide bonds. The van der Waals surface area contributed by atoms with Crippen molar-refractivity contribution in [1.82, 2.24) is 9.96 Å². The lowest BCUT2D eigenvalue weighted by molar-refractivity contribution is -0.103. The summed E-state index contributed by atoms with van der Waals surface area (Å²) in [5.74, 6) is -0.116. The second-order valence-corrected chi connectivity index (χ2v) is 10.4. The van der Waals surface area contributed by atoms with Gasteiger partial charge in [0.05, 0.1) is 19.6 Å². The highest BCUT2D eigenvalue weighted by molar-refractivity contribution is 9.10. The molecule has 3 aromatic rings. The maximum Gasteiger partial charge on any atom is 0.410 e. The van der Waals surface area contributed by atoms with Crippen molar-refractivity contribution in [3.63, 3.8) is 0 Å². The van der Waals surface area contributed by atoms with Crippen LogP contribution in [0.2, 0.25) is 0 Å². The van der Waals surface area contributed by atoms with Gasteiger partial charge in [-0.1, -0.05) is 101 Å². The van der Waals surface area contributed by atoms with Crippen LogP contribution in [0.15, 0.2) is 89.4 Å². The molecule has 0 bridgehead atoms. The monoisotopic (exact) mass is 564 g/mol. The van der Waals surface area contributed by atoms with Crippen molar-refractivity contribution in [2.24, 2.45) is 5.92 Å². The van der Waals surface area contributed by atoms with Gasteiger partial charge in [0.15, 0.2) is 5.78 Å². The van der Waals surface area contributed by atoms with Crippen molar-refractivity contribution < 1.29 is 19.2 Å². The summed E-state index contributed by atoms with van der Waals surface area (Å²) in [6.07, 6.45) is -0.339. The number of nitrogens with zero attached hydrogens (tertiary/aromatic N) is 2. The second-order valence-electron chi connectivity index (χ2n) is 9.00. The zero-order chi connectivity index (χ0) is 25.1. The molecule has 2 unspecified atom stereocenters. The Hall–Kier alpha value is -3.07. The van der Waals surface area contributed by atoms with Gasteiger partial charge in [-0.25, -0.2) is 9.86 Å². The molecule has 6 nitrogen and oxygen atoms in total. The maximum atomic E-state index is 13.1. The van der Waals surface area contributed by atoms with Gasteiger partial charge in [0.1, 0.15) is 17.1 Å². The number of rotatable bonds is 6. The number of Topliss-reactive ketones (excluding diaryl/α,β-unsaturated/α-hetero) is 1. The number of ether oxygens (including phenoxy) is 1. The van der Waals surface area contributed by atoms with Crippen molar-refractivity contribution >= 4 is 45.0 Å². The predicted molar refractivity (Wildman–Crippen MR) is 143 cm³/mol. The molecule has 2 aliphatic rings. The number of hydrogen-bond donors (Lipinski definition) is 0. The highest BCUT2D eigenvalue weighted by Gasteiger charge is 2.59. The summed E-state index contributed by atoms with van der Waals surface area (Å²) in [6, 6.07) is 26.6. The standard InChI is InChI=1S/C28H25BrN2O4S/c29-24-13-7-12-22(14-24)28-19-30(27(33)34-17-20-8-3-1-4-9-20)16-23(28)18-35-31(28)26(36)15-25(32)21-10-5-2-6-11-21/h1-14,23H,15-19H2. The number of carbonyl (C=O) groups is 2. The quantitative estimate of drug-likeness (QED) is 0.280. The van der Waals surface area contributed by atoms with Crippen LogP contribution in [0.4, 0.5) is 4.79 Å². The smallest absolute Gasteiger partial charge is 0.410 e. The summed E-state index contributed by atoms with van der Waals surface area (Å²) in [7, 11) is 0.